The minimum absolute atomic E-state index is 0.0934. The van der Waals surface area contributed by atoms with Gasteiger partial charge in [0.25, 0.3) is 0 Å². The molecule has 0 spiro atoms. The average molecular weight is 282 g/mol. The first-order chi connectivity index (χ1) is 9.42. The van der Waals surface area contributed by atoms with Gasteiger partial charge in [-0.1, -0.05) is 12.2 Å². The van der Waals surface area contributed by atoms with E-state index in [1.54, 1.807) is 0 Å². The number of ether oxygens (including phenoxy) is 2. The van der Waals surface area contributed by atoms with Crippen molar-refractivity contribution in [1.29, 1.82) is 0 Å². The molecule has 2 atom stereocenters. The van der Waals surface area contributed by atoms with Gasteiger partial charge in [0.05, 0.1) is 19.3 Å². The topological polar surface area (TPSA) is 50.8 Å². The Labute approximate surface area is 121 Å². The molecule has 2 aliphatic rings. The fraction of sp³-hybridized carbons (Fsp3) is 0.800. The SMILES string of the molecule is CC(C)(C)OC(=O)N[C@@H]1C=C[C@H](CN2CCOCC2)C1. The molecular formula is C15H26N2O3. The van der Waals surface area contributed by atoms with E-state index in [1.165, 1.54) is 0 Å². The molecule has 0 saturated carbocycles. The molecule has 0 radical (unpaired) electrons. The summed E-state index contributed by atoms with van der Waals surface area (Å²) < 4.78 is 10.6. The van der Waals surface area contributed by atoms with Gasteiger partial charge >= 0.3 is 6.09 Å². The van der Waals surface area contributed by atoms with Gasteiger partial charge in [-0.25, -0.2) is 4.79 Å². The second-order valence-corrected chi connectivity index (χ2v) is 6.55. The van der Waals surface area contributed by atoms with Crippen LogP contribution in [-0.2, 0) is 9.47 Å². The van der Waals surface area contributed by atoms with E-state index in [-0.39, 0.29) is 12.1 Å². The smallest absolute Gasteiger partial charge is 0.408 e. The summed E-state index contributed by atoms with van der Waals surface area (Å²) in [5.41, 5.74) is -0.445. The van der Waals surface area contributed by atoms with Gasteiger partial charge in [-0.3, -0.25) is 4.90 Å². The number of hydrogen-bond acceptors (Lipinski definition) is 4. The van der Waals surface area contributed by atoms with E-state index in [0.717, 1.165) is 39.3 Å². The first kappa shape index (κ1) is 15.3. The maximum absolute atomic E-state index is 11.7. The van der Waals surface area contributed by atoms with Crippen molar-refractivity contribution in [3.05, 3.63) is 12.2 Å². The Balaban J connectivity index is 1.70. The molecule has 1 aliphatic heterocycles. The summed E-state index contributed by atoms with van der Waals surface area (Å²) in [5, 5.41) is 2.91. The summed E-state index contributed by atoms with van der Waals surface area (Å²) in [7, 11) is 0. The Kier molecular flexibility index (Phi) is 5.05. The third-order valence-electron chi connectivity index (χ3n) is 3.47. The van der Waals surface area contributed by atoms with Crippen molar-refractivity contribution in [2.24, 2.45) is 5.92 Å². The summed E-state index contributed by atoms with van der Waals surface area (Å²) in [4.78, 5) is 14.1. The molecule has 1 N–H and O–H groups in total. The van der Waals surface area contributed by atoms with Crippen LogP contribution in [0.4, 0.5) is 4.79 Å². The summed E-state index contributed by atoms with van der Waals surface area (Å²) in [6.07, 6.45) is 4.91. The average Bonchev–Trinajstić information content (AvgIpc) is 2.75. The largest absolute Gasteiger partial charge is 0.444 e. The molecule has 2 rings (SSSR count). The van der Waals surface area contributed by atoms with Crippen LogP contribution in [0, 0.1) is 5.92 Å². The van der Waals surface area contributed by atoms with Crippen LogP contribution < -0.4 is 5.32 Å². The fourth-order valence-corrected chi connectivity index (χ4v) is 2.59. The van der Waals surface area contributed by atoms with Gasteiger partial charge in [-0.2, -0.15) is 0 Å². The van der Waals surface area contributed by atoms with Crippen LogP contribution in [0.1, 0.15) is 27.2 Å². The van der Waals surface area contributed by atoms with Crippen LogP contribution in [-0.4, -0.2) is 55.5 Å². The second kappa shape index (κ2) is 6.59. The van der Waals surface area contributed by atoms with E-state index in [2.05, 4.69) is 22.4 Å². The van der Waals surface area contributed by atoms with Gasteiger partial charge in [0.2, 0.25) is 0 Å². The number of alkyl carbamates (subject to hydrolysis) is 1. The summed E-state index contributed by atoms with van der Waals surface area (Å²) in [6.45, 7) is 10.3. The molecule has 114 valence electrons. The summed E-state index contributed by atoms with van der Waals surface area (Å²) in [6, 6.07) is 0.0934. The Bertz CT molecular complexity index is 357. The van der Waals surface area contributed by atoms with Crippen molar-refractivity contribution in [1.82, 2.24) is 10.2 Å². The van der Waals surface area contributed by atoms with E-state index in [9.17, 15) is 4.79 Å². The highest BCUT2D eigenvalue weighted by Gasteiger charge is 2.25. The number of amides is 1. The van der Waals surface area contributed by atoms with Crippen molar-refractivity contribution in [3.8, 4) is 0 Å². The minimum atomic E-state index is -0.445. The van der Waals surface area contributed by atoms with Crippen molar-refractivity contribution < 1.29 is 14.3 Å². The van der Waals surface area contributed by atoms with Crippen molar-refractivity contribution in [2.75, 3.05) is 32.8 Å². The fourth-order valence-electron chi connectivity index (χ4n) is 2.59. The van der Waals surface area contributed by atoms with Gasteiger partial charge in [0.15, 0.2) is 0 Å². The Hall–Kier alpha value is -1.07. The molecular weight excluding hydrogens is 256 g/mol. The van der Waals surface area contributed by atoms with Crippen LogP contribution >= 0.6 is 0 Å². The Morgan fingerprint density at radius 3 is 2.70 bits per heavy atom. The maximum Gasteiger partial charge on any atom is 0.408 e. The first-order valence-corrected chi connectivity index (χ1v) is 7.40. The van der Waals surface area contributed by atoms with Crippen LogP contribution in [0.5, 0.6) is 0 Å². The molecule has 1 heterocycles. The number of rotatable bonds is 3. The normalized spacial score (nSPS) is 27.6. The molecule has 5 nitrogen and oxygen atoms in total. The number of morpholine rings is 1. The zero-order chi connectivity index (χ0) is 14.6. The van der Waals surface area contributed by atoms with Crippen LogP contribution in [0.3, 0.4) is 0 Å². The summed E-state index contributed by atoms with van der Waals surface area (Å²) in [5.74, 6) is 0.507. The molecule has 0 aromatic carbocycles. The van der Waals surface area contributed by atoms with E-state index < -0.39 is 5.60 Å². The molecule has 1 saturated heterocycles. The van der Waals surface area contributed by atoms with Crippen molar-refractivity contribution in [3.63, 3.8) is 0 Å². The highest BCUT2D eigenvalue weighted by Crippen LogP contribution is 2.20. The maximum atomic E-state index is 11.7. The second-order valence-electron chi connectivity index (χ2n) is 6.55. The molecule has 0 aromatic rings. The van der Waals surface area contributed by atoms with E-state index in [4.69, 9.17) is 9.47 Å². The Morgan fingerprint density at radius 2 is 2.05 bits per heavy atom. The molecule has 5 heteroatoms. The minimum Gasteiger partial charge on any atom is -0.444 e. The predicted molar refractivity (Wildman–Crippen MR) is 77.7 cm³/mol. The van der Waals surface area contributed by atoms with Crippen molar-refractivity contribution >= 4 is 6.09 Å². The van der Waals surface area contributed by atoms with Gasteiger partial charge in [-0.15, -0.1) is 0 Å². The number of hydrogen-bond donors (Lipinski definition) is 1. The Morgan fingerprint density at radius 1 is 1.35 bits per heavy atom. The summed E-state index contributed by atoms with van der Waals surface area (Å²) >= 11 is 0. The van der Waals surface area contributed by atoms with E-state index in [0.29, 0.717) is 5.92 Å². The van der Waals surface area contributed by atoms with Gasteiger partial charge < -0.3 is 14.8 Å². The molecule has 20 heavy (non-hydrogen) atoms. The third kappa shape index (κ3) is 5.13. The third-order valence-corrected chi connectivity index (χ3v) is 3.47. The lowest BCUT2D eigenvalue weighted by molar-refractivity contribution is 0.0329. The molecule has 1 fully saturated rings. The highest BCUT2D eigenvalue weighted by atomic mass is 16.6. The predicted octanol–water partition coefficient (Wildman–Crippen LogP) is 1.79. The lowest BCUT2D eigenvalue weighted by Crippen LogP contribution is -2.40. The van der Waals surface area contributed by atoms with E-state index in [1.807, 2.05) is 20.8 Å². The van der Waals surface area contributed by atoms with Gasteiger partial charge in [-0.05, 0) is 33.1 Å². The van der Waals surface area contributed by atoms with E-state index >= 15 is 0 Å². The molecule has 0 bridgehead atoms. The zero-order valence-electron chi connectivity index (χ0n) is 12.7. The molecule has 1 amide bonds. The first-order valence-electron chi connectivity index (χ1n) is 7.40. The lowest BCUT2D eigenvalue weighted by atomic mass is 10.1. The van der Waals surface area contributed by atoms with Crippen LogP contribution in [0.15, 0.2) is 12.2 Å². The van der Waals surface area contributed by atoms with Crippen LogP contribution in [0.2, 0.25) is 0 Å². The lowest BCUT2D eigenvalue weighted by Gasteiger charge is -2.29. The van der Waals surface area contributed by atoms with Crippen LogP contribution in [0.25, 0.3) is 0 Å². The number of nitrogens with zero attached hydrogens (tertiary/aromatic N) is 1. The zero-order valence-corrected chi connectivity index (χ0v) is 12.7. The monoisotopic (exact) mass is 282 g/mol. The number of nitrogens with one attached hydrogen (secondary N) is 1. The molecule has 1 aliphatic carbocycles. The number of carbonyl (C=O) groups excluding carboxylic acids is 1. The van der Waals surface area contributed by atoms with Gasteiger partial charge in [0.1, 0.15) is 5.60 Å². The van der Waals surface area contributed by atoms with Crippen molar-refractivity contribution in [2.45, 2.75) is 38.8 Å². The molecule has 0 aromatic heterocycles. The highest BCUT2D eigenvalue weighted by molar-refractivity contribution is 5.68. The van der Waals surface area contributed by atoms with Gasteiger partial charge in [0, 0.05) is 19.6 Å². The quantitative estimate of drug-likeness (QED) is 0.802. The number of carbonyl (C=O) groups is 1. The standard InChI is InChI=1S/C15H26N2O3/c1-15(2,3)20-14(18)16-13-5-4-12(10-13)11-17-6-8-19-9-7-17/h4-5,12-13H,6-11H2,1-3H3,(H,16,18)/t12-,13+/m0/s1. The molecule has 0 unspecified atom stereocenters.